The van der Waals surface area contributed by atoms with Gasteiger partial charge in [-0.15, -0.1) is 0 Å². The van der Waals surface area contributed by atoms with Crippen molar-refractivity contribution < 1.29 is 14.1 Å². The Morgan fingerprint density at radius 2 is 1.00 bits per heavy atom. The third-order valence-electron chi connectivity index (χ3n) is 5.47. The van der Waals surface area contributed by atoms with Gasteiger partial charge in [0, 0.05) is 12.8 Å². The fourth-order valence-corrected chi connectivity index (χ4v) is 3.52. The molecule has 122 valence electrons. The number of aliphatic hydroxyl groups excluding tert-OH is 1. The molecule has 0 aromatic rings. The van der Waals surface area contributed by atoms with E-state index in [0.717, 1.165) is 24.1 Å². The van der Waals surface area contributed by atoms with Crippen molar-refractivity contribution in [1.82, 2.24) is 0 Å². The van der Waals surface area contributed by atoms with E-state index in [9.17, 15) is 5.11 Å². The fourth-order valence-electron chi connectivity index (χ4n) is 3.52. The van der Waals surface area contributed by atoms with Crippen molar-refractivity contribution in [2.75, 3.05) is 59.0 Å². The Bertz CT molecular complexity index is 199. The Morgan fingerprint density at radius 1 is 0.600 bits per heavy atom. The molecule has 0 aliphatic rings. The summed E-state index contributed by atoms with van der Waals surface area (Å²) in [5.74, 6) is 0. The highest BCUT2D eigenvalue weighted by Gasteiger charge is 2.24. The van der Waals surface area contributed by atoms with Crippen molar-refractivity contribution in [3.63, 3.8) is 0 Å². The lowest BCUT2D eigenvalue weighted by Crippen LogP contribution is -2.51. The lowest BCUT2D eigenvalue weighted by atomic mass is 10.2. The molecule has 0 aromatic heterocycles. The Morgan fingerprint density at radius 3 is 1.30 bits per heavy atom. The molecule has 0 radical (unpaired) electrons. The Hall–Kier alpha value is -0.120. The maximum absolute atomic E-state index is 9.28. The quantitative estimate of drug-likeness (QED) is 0.408. The Balaban J connectivity index is 4.27. The highest BCUT2D eigenvalue weighted by atomic mass is 16.3. The molecular weight excluding hydrogens is 248 g/mol. The van der Waals surface area contributed by atoms with E-state index in [0.29, 0.717) is 6.61 Å². The van der Waals surface area contributed by atoms with Crippen LogP contribution in [0.1, 0.15) is 53.9 Å². The molecule has 0 heterocycles. The summed E-state index contributed by atoms with van der Waals surface area (Å²) in [7, 11) is 0. The Labute approximate surface area is 127 Å². The molecule has 3 nitrogen and oxygen atoms in total. The van der Waals surface area contributed by atoms with E-state index in [2.05, 4.69) is 34.6 Å². The molecule has 1 N–H and O–H groups in total. The number of nitrogens with zero attached hydrogens (tertiary/aromatic N) is 2. The maximum Gasteiger partial charge on any atom is 0.102 e. The predicted octanol–water partition coefficient (Wildman–Crippen LogP) is 2.88. The van der Waals surface area contributed by atoms with Gasteiger partial charge in [-0.1, -0.05) is 6.92 Å². The molecule has 3 heteroatoms. The summed E-state index contributed by atoms with van der Waals surface area (Å²) in [6, 6.07) is 0. The lowest BCUT2D eigenvalue weighted by Gasteiger charge is -2.38. The first-order valence-corrected chi connectivity index (χ1v) is 8.88. The number of aliphatic hydroxyl groups is 1. The minimum atomic E-state index is 0.321. The summed E-state index contributed by atoms with van der Waals surface area (Å²) in [4.78, 5) is 0. The van der Waals surface area contributed by atoms with Crippen LogP contribution in [0.25, 0.3) is 0 Å². The lowest BCUT2D eigenvalue weighted by molar-refractivity contribution is -0.931. The SMILES string of the molecule is CCC[N+](CC)(CC)CCCC[N+](CC)(CC)CCO. The van der Waals surface area contributed by atoms with E-state index in [1.54, 1.807) is 0 Å². The molecule has 0 saturated carbocycles. The van der Waals surface area contributed by atoms with Crippen molar-refractivity contribution in [2.24, 2.45) is 0 Å². The van der Waals surface area contributed by atoms with Crippen molar-refractivity contribution in [1.29, 1.82) is 0 Å². The summed E-state index contributed by atoms with van der Waals surface area (Å²) in [5.41, 5.74) is 0. The topological polar surface area (TPSA) is 20.2 Å². The molecule has 0 aliphatic carbocycles. The van der Waals surface area contributed by atoms with Crippen LogP contribution >= 0.6 is 0 Å². The van der Waals surface area contributed by atoms with Gasteiger partial charge in [-0.25, -0.2) is 0 Å². The minimum Gasteiger partial charge on any atom is -0.391 e. The fraction of sp³-hybridized carbons (Fsp3) is 1.00. The van der Waals surface area contributed by atoms with Crippen LogP contribution in [-0.4, -0.2) is 73.0 Å². The van der Waals surface area contributed by atoms with Crippen LogP contribution in [-0.2, 0) is 0 Å². The molecule has 0 unspecified atom stereocenters. The highest BCUT2D eigenvalue weighted by molar-refractivity contribution is 4.47. The van der Waals surface area contributed by atoms with Crippen molar-refractivity contribution in [2.45, 2.75) is 53.9 Å². The molecular formula is C17H40N2O+2. The normalized spacial score (nSPS) is 12.9. The molecule has 0 atom stereocenters. The summed E-state index contributed by atoms with van der Waals surface area (Å²) in [5, 5.41) is 9.28. The number of rotatable bonds is 13. The van der Waals surface area contributed by atoms with Gasteiger partial charge in [0.2, 0.25) is 0 Å². The molecule has 0 rings (SSSR count). The van der Waals surface area contributed by atoms with Crippen molar-refractivity contribution in [3.05, 3.63) is 0 Å². The van der Waals surface area contributed by atoms with Crippen molar-refractivity contribution in [3.8, 4) is 0 Å². The van der Waals surface area contributed by atoms with E-state index >= 15 is 0 Å². The van der Waals surface area contributed by atoms with Gasteiger partial charge in [0.1, 0.15) is 6.54 Å². The van der Waals surface area contributed by atoms with Crippen LogP contribution in [0.3, 0.4) is 0 Å². The van der Waals surface area contributed by atoms with E-state index < -0.39 is 0 Å². The maximum atomic E-state index is 9.28. The number of quaternary nitrogens is 2. The zero-order valence-electron chi connectivity index (χ0n) is 14.8. The zero-order valence-corrected chi connectivity index (χ0v) is 14.8. The minimum absolute atomic E-state index is 0.321. The molecule has 0 fully saturated rings. The molecule has 0 saturated heterocycles. The highest BCUT2D eigenvalue weighted by Crippen LogP contribution is 2.13. The Kier molecular flexibility index (Phi) is 10.5. The molecule has 0 bridgehead atoms. The molecule has 20 heavy (non-hydrogen) atoms. The standard InChI is InChI=1S/C17H40N2O/c1-6-13-18(7-2,8-3)14-11-12-15-19(9-4,10-5)16-17-20/h20H,6-17H2,1-5H3/q+2. The molecule has 0 aliphatic heterocycles. The molecule has 0 amide bonds. The second-order valence-electron chi connectivity index (χ2n) is 6.27. The van der Waals surface area contributed by atoms with Crippen LogP contribution in [0, 0.1) is 0 Å². The van der Waals surface area contributed by atoms with Gasteiger partial charge in [-0.3, -0.25) is 0 Å². The van der Waals surface area contributed by atoms with E-state index in [1.807, 2.05) is 0 Å². The number of hydrogen-bond acceptors (Lipinski definition) is 1. The van der Waals surface area contributed by atoms with Gasteiger partial charge in [-0.2, -0.15) is 0 Å². The van der Waals surface area contributed by atoms with Gasteiger partial charge in [0.05, 0.1) is 52.4 Å². The van der Waals surface area contributed by atoms with E-state index in [-0.39, 0.29) is 0 Å². The average Bonchev–Trinajstić information content (AvgIpc) is 2.49. The van der Waals surface area contributed by atoms with Crippen LogP contribution < -0.4 is 0 Å². The van der Waals surface area contributed by atoms with Crippen LogP contribution in [0.2, 0.25) is 0 Å². The second kappa shape index (κ2) is 10.6. The van der Waals surface area contributed by atoms with Crippen LogP contribution in [0.5, 0.6) is 0 Å². The first kappa shape index (κ1) is 19.9. The smallest absolute Gasteiger partial charge is 0.102 e. The van der Waals surface area contributed by atoms with E-state index in [4.69, 9.17) is 0 Å². The number of unbranched alkanes of at least 4 members (excludes halogenated alkanes) is 1. The van der Waals surface area contributed by atoms with Gasteiger partial charge in [-0.05, 0) is 34.1 Å². The van der Waals surface area contributed by atoms with Gasteiger partial charge in [0.25, 0.3) is 0 Å². The first-order chi connectivity index (χ1) is 9.57. The van der Waals surface area contributed by atoms with E-state index in [1.165, 1.54) is 56.5 Å². The summed E-state index contributed by atoms with van der Waals surface area (Å²) < 4.78 is 2.37. The van der Waals surface area contributed by atoms with Gasteiger partial charge >= 0.3 is 0 Å². The van der Waals surface area contributed by atoms with Gasteiger partial charge < -0.3 is 14.1 Å². The summed E-state index contributed by atoms with van der Waals surface area (Å²) in [6.45, 7) is 21.4. The average molecular weight is 289 g/mol. The van der Waals surface area contributed by atoms with Crippen LogP contribution in [0.4, 0.5) is 0 Å². The monoisotopic (exact) mass is 288 g/mol. The largest absolute Gasteiger partial charge is 0.391 e. The van der Waals surface area contributed by atoms with Gasteiger partial charge in [0.15, 0.2) is 0 Å². The summed E-state index contributed by atoms with van der Waals surface area (Å²) in [6.07, 6.45) is 3.91. The number of hydrogen-bond donors (Lipinski definition) is 1. The zero-order chi connectivity index (χ0) is 15.5. The number of likely N-dealkylation sites (N-methyl/N-ethyl adjacent to an activating group) is 1. The third-order valence-corrected chi connectivity index (χ3v) is 5.47. The first-order valence-electron chi connectivity index (χ1n) is 8.88. The third kappa shape index (κ3) is 6.11. The second-order valence-corrected chi connectivity index (χ2v) is 6.27. The van der Waals surface area contributed by atoms with Crippen molar-refractivity contribution >= 4 is 0 Å². The van der Waals surface area contributed by atoms with Crippen LogP contribution in [0.15, 0.2) is 0 Å². The summed E-state index contributed by atoms with van der Waals surface area (Å²) >= 11 is 0. The molecule has 0 spiro atoms. The predicted molar refractivity (Wildman–Crippen MR) is 88.8 cm³/mol. The molecule has 0 aromatic carbocycles.